The van der Waals surface area contributed by atoms with Crippen LogP contribution in [-0.4, -0.2) is 33.9 Å². The average Bonchev–Trinajstić information content (AvgIpc) is 2.79. The summed E-state index contributed by atoms with van der Waals surface area (Å²) in [5.41, 5.74) is 8.01. The topological polar surface area (TPSA) is 85.3 Å². The zero-order valence-electron chi connectivity index (χ0n) is 11.4. The molecule has 0 aromatic carbocycles. The van der Waals surface area contributed by atoms with Gasteiger partial charge in [-0.2, -0.15) is 0 Å². The SMILES string of the molecule is Cc1cnc(CN2CCCC2CN)c(C)c1[N+](=O)[O-]. The van der Waals surface area contributed by atoms with E-state index in [9.17, 15) is 10.1 Å². The van der Waals surface area contributed by atoms with Gasteiger partial charge in [0, 0.05) is 36.5 Å². The van der Waals surface area contributed by atoms with Crippen molar-refractivity contribution < 1.29 is 4.92 Å². The maximum Gasteiger partial charge on any atom is 0.278 e. The lowest BCUT2D eigenvalue weighted by molar-refractivity contribution is -0.386. The van der Waals surface area contributed by atoms with E-state index >= 15 is 0 Å². The molecule has 0 spiro atoms. The van der Waals surface area contributed by atoms with Crippen molar-refractivity contribution in [2.45, 2.75) is 39.3 Å². The van der Waals surface area contributed by atoms with Crippen LogP contribution in [0.5, 0.6) is 0 Å². The van der Waals surface area contributed by atoms with E-state index in [1.807, 2.05) is 0 Å². The van der Waals surface area contributed by atoms with Crippen LogP contribution in [0, 0.1) is 24.0 Å². The zero-order chi connectivity index (χ0) is 14.0. The number of likely N-dealkylation sites (tertiary alicyclic amines) is 1. The molecule has 2 heterocycles. The summed E-state index contributed by atoms with van der Waals surface area (Å²) in [7, 11) is 0. The molecule has 0 bridgehead atoms. The van der Waals surface area contributed by atoms with E-state index in [1.165, 1.54) is 0 Å². The zero-order valence-corrected chi connectivity index (χ0v) is 11.4. The quantitative estimate of drug-likeness (QED) is 0.658. The summed E-state index contributed by atoms with van der Waals surface area (Å²) >= 11 is 0. The first kappa shape index (κ1) is 13.9. The Labute approximate surface area is 112 Å². The number of nitrogens with two attached hydrogens (primary N) is 1. The molecule has 1 aromatic heterocycles. The molecule has 6 nitrogen and oxygen atoms in total. The number of hydrogen-bond donors (Lipinski definition) is 1. The van der Waals surface area contributed by atoms with Crippen molar-refractivity contribution in [3.8, 4) is 0 Å². The molecule has 0 aliphatic carbocycles. The van der Waals surface area contributed by atoms with Crippen molar-refractivity contribution in [3.05, 3.63) is 33.1 Å². The molecule has 1 atom stereocenters. The summed E-state index contributed by atoms with van der Waals surface area (Å²) < 4.78 is 0. The third-order valence-corrected chi connectivity index (χ3v) is 3.88. The minimum atomic E-state index is -0.319. The van der Waals surface area contributed by atoms with Gasteiger partial charge in [0.2, 0.25) is 0 Å². The molecular formula is C13H20N4O2. The predicted molar refractivity (Wildman–Crippen MR) is 72.9 cm³/mol. The molecule has 1 aromatic rings. The highest BCUT2D eigenvalue weighted by molar-refractivity contribution is 5.47. The molecule has 0 amide bonds. The van der Waals surface area contributed by atoms with Gasteiger partial charge < -0.3 is 5.73 Å². The van der Waals surface area contributed by atoms with Gasteiger partial charge in [0.15, 0.2) is 0 Å². The number of aromatic nitrogens is 1. The first-order valence-corrected chi connectivity index (χ1v) is 6.58. The van der Waals surface area contributed by atoms with Crippen LogP contribution >= 0.6 is 0 Å². The van der Waals surface area contributed by atoms with Gasteiger partial charge in [-0.3, -0.25) is 20.0 Å². The van der Waals surface area contributed by atoms with Gasteiger partial charge >= 0.3 is 0 Å². The highest BCUT2D eigenvalue weighted by atomic mass is 16.6. The van der Waals surface area contributed by atoms with Crippen LogP contribution in [0.15, 0.2) is 6.20 Å². The fourth-order valence-corrected chi connectivity index (χ4v) is 2.77. The summed E-state index contributed by atoms with van der Waals surface area (Å²) in [6, 6.07) is 0.376. The number of nitrogens with zero attached hydrogens (tertiary/aromatic N) is 3. The van der Waals surface area contributed by atoms with Crippen molar-refractivity contribution in [3.63, 3.8) is 0 Å². The Morgan fingerprint density at radius 2 is 2.32 bits per heavy atom. The van der Waals surface area contributed by atoms with Crippen LogP contribution in [0.4, 0.5) is 5.69 Å². The lowest BCUT2D eigenvalue weighted by Gasteiger charge is -2.23. The lowest BCUT2D eigenvalue weighted by atomic mass is 10.1. The highest BCUT2D eigenvalue weighted by Gasteiger charge is 2.26. The Kier molecular flexibility index (Phi) is 4.11. The van der Waals surface area contributed by atoms with Gasteiger partial charge in [-0.1, -0.05) is 0 Å². The Hall–Kier alpha value is -1.53. The van der Waals surface area contributed by atoms with Crippen LogP contribution in [0.25, 0.3) is 0 Å². The largest absolute Gasteiger partial charge is 0.329 e. The fraction of sp³-hybridized carbons (Fsp3) is 0.615. The number of aryl methyl sites for hydroxylation is 1. The molecule has 104 valence electrons. The van der Waals surface area contributed by atoms with Gasteiger partial charge in [0.1, 0.15) is 0 Å². The van der Waals surface area contributed by atoms with E-state index in [-0.39, 0.29) is 10.6 Å². The summed E-state index contributed by atoms with van der Waals surface area (Å²) in [6.07, 6.45) is 3.83. The van der Waals surface area contributed by atoms with Gasteiger partial charge in [-0.25, -0.2) is 0 Å². The Morgan fingerprint density at radius 1 is 1.58 bits per heavy atom. The monoisotopic (exact) mass is 264 g/mol. The second-order valence-corrected chi connectivity index (χ2v) is 5.12. The predicted octanol–water partition coefficient (Wildman–Crippen LogP) is 1.53. The molecular weight excluding hydrogens is 244 g/mol. The summed E-state index contributed by atoms with van der Waals surface area (Å²) in [6.45, 7) is 5.77. The van der Waals surface area contributed by atoms with E-state index in [0.29, 0.717) is 30.3 Å². The molecule has 1 fully saturated rings. The normalized spacial score (nSPS) is 19.8. The second-order valence-electron chi connectivity index (χ2n) is 5.12. The second kappa shape index (κ2) is 5.63. The van der Waals surface area contributed by atoms with Crippen LogP contribution in [0.2, 0.25) is 0 Å². The average molecular weight is 264 g/mol. The maximum atomic E-state index is 11.1. The van der Waals surface area contributed by atoms with Crippen molar-refractivity contribution in [1.82, 2.24) is 9.88 Å². The smallest absolute Gasteiger partial charge is 0.278 e. The standard InChI is InChI=1S/C13H20N4O2/c1-9-7-15-12(10(2)13(9)17(18)19)8-16-5-3-4-11(16)6-14/h7,11H,3-6,8,14H2,1-2H3. The molecule has 0 saturated carbocycles. The van der Waals surface area contributed by atoms with E-state index in [0.717, 1.165) is 25.1 Å². The van der Waals surface area contributed by atoms with Crippen LogP contribution < -0.4 is 5.73 Å². The first-order valence-electron chi connectivity index (χ1n) is 6.58. The van der Waals surface area contributed by atoms with Gasteiger partial charge in [-0.15, -0.1) is 0 Å². The van der Waals surface area contributed by atoms with Crippen molar-refractivity contribution in [2.24, 2.45) is 5.73 Å². The molecule has 1 aliphatic rings. The van der Waals surface area contributed by atoms with E-state index in [1.54, 1.807) is 20.0 Å². The Morgan fingerprint density at radius 3 is 2.95 bits per heavy atom. The summed E-state index contributed by atoms with van der Waals surface area (Å²) in [4.78, 5) is 17.4. The minimum Gasteiger partial charge on any atom is -0.329 e. The van der Waals surface area contributed by atoms with Crippen molar-refractivity contribution in [2.75, 3.05) is 13.1 Å². The molecule has 2 rings (SSSR count). The summed E-state index contributed by atoms with van der Waals surface area (Å²) in [5, 5.41) is 11.1. The number of hydrogen-bond acceptors (Lipinski definition) is 5. The van der Waals surface area contributed by atoms with Crippen LogP contribution in [-0.2, 0) is 6.54 Å². The fourth-order valence-electron chi connectivity index (χ4n) is 2.77. The van der Waals surface area contributed by atoms with Crippen LogP contribution in [0.3, 0.4) is 0 Å². The van der Waals surface area contributed by atoms with Crippen molar-refractivity contribution in [1.29, 1.82) is 0 Å². The molecule has 1 aliphatic heterocycles. The minimum absolute atomic E-state index is 0.188. The third-order valence-electron chi connectivity index (χ3n) is 3.88. The number of rotatable bonds is 4. The van der Waals surface area contributed by atoms with E-state index in [2.05, 4.69) is 9.88 Å². The molecule has 0 radical (unpaired) electrons. The number of nitro groups is 1. The molecule has 1 saturated heterocycles. The highest BCUT2D eigenvalue weighted by Crippen LogP contribution is 2.26. The lowest BCUT2D eigenvalue weighted by Crippen LogP contribution is -2.35. The molecule has 2 N–H and O–H groups in total. The van der Waals surface area contributed by atoms with E-state index in [4.69, 9.17) is 5.73 Å². The Bertz CT molecular complexity index is 490. The van der Waals surface area contributed by atoms with Gasteiger partial charge in [0.25, 0.3) is 5.69 Å². The van der Waals surface area contributed by atoms with Gasteiger partial charge in [-0.05, 0) is 33.2 Å². The molecule has 19 heavy (non-hydrogen) atoms. The van der Waals surface area contributed by atoms with E-state index < -0.39 is 0 Å². The van der Waals surface area contributed by atoms with Crippen LogP contribution in [0.1, 0.15) is 29.7 Å². The van der Waals surface area contributed by atoms with Gasteiger partial charge in [0.05, 0.1) is 10.6 Å². The first-order chi connectivity index (χ1) is 9.04. The summed E-state index contributed by atoms with van der Waals surface area (Å²) in [5.74, 6) is 0. The number of pyridine rings is 1. The molecule has 1 unspecified atom stereocenters. The Balaban J connectivity index is 2.26. The maximum absolute atomic E-state index is 11.1. The van der Waals surface area contributed by atoms with Crippen molar-refractivity contribution >= 4 is 5.69 Å². The molecule has 6 heteroatoms. The third kappa shape index (κ3) is 2.74.